The van der Waals surface area contributed by atoms with Gasteiger partial charge >= 0.3 is 0 Å². The molecule has 0 bridgehead atoms. The van der Waals surface area contributed by atoms with E-state index < -0.39 is 0 Å². The summed E-state index contributed by atoms with van der Waals surface area (Å²) in [5.41, 5.74) is 3.34. The molecule has 0 aliphatic carbocycles. The van der Waals surface area contributed by atoms with E-state index >= 15 is 0 Å². The zero-order chi connectivity index (χ0) is 22.0. The highest BCUT2D eigenvalue weighted by Gasteiger charge is 2.18. The van der Waals surface area contributed by atoms with Crippen LogP contribution in [0.1, 0.15) is 17.0 Å². The van der Waals surface area contributed by atoms with Crippen LogP contribution in [0.2, 0.25) is 0 Å². The second-order valence-corrected chi connectivity index (χ2v) is 8.16. The van der Waals surface area contributed by atoms with Crippen molar-refractivity contribution >= 4 is 21.6 Å². The van der Waals surface area contributed by atoms with E-state index in [0.29, 0.717) is 34.6 Å². The summed E-state index contributed by atoms with van der Waals surface area (Å²) in [5, 5.41) is 2.54. The minimum atomic E-state index is -0.331. The summed E-state index contributed by atoms with van der Waals surface area (Å²) in [5.74, 6) is 1.10. The predicted molar refractivity (Wildman–Crippen MR) is 122 cm³/mol. The third kappa shape index (κ3) is 4.24. The Kier molecular flexibility index (Phi) is 6.15. The first-order chi connectivity index (χ1) is 15.0. The lowest BCUT2D eigenvalue weighted by Crippen LogP contribution is -2.26. The first-order valence-corrected chi connectivity index (χ1v) is 10.8. The van der Waals surface area contributed by atoms with Gasteiger partial charge in [0.25, 0.3) is 5.56 Å². The number of ether oxygens (including phenoxy) is 2. The minimum absolute atomic E-state index is 0.134. The van der Waals surface area contributed by atoms with Crippen LogP contribution in [0.5, 0.6) is 5.75 Å². The van der Waals surface area contributed by atoms with Gasteiger partial charge in [-0.25, -0.2) is 9.37 Å². The number of fused-ring (bicyclic) bond motifs is 1. The Morgan fingerprint density at radius 1 is 1.16 bits per heavy atom. The van der Waals surface area contributed by atoms with Gasteiger partial charge in [0.05, 0.1) is 25.6 Å². The maximum Gasteiger partial charge on any atom is 0.263 e. The summed E-state index contributed by atoms with van der Waals surface area (Å²) >= 11 is 1.45. The molecule has 2 aromatic heterocycles. The van der Waals surface area contributed by atoms with Crippen molar-refractivity contribution in [3.05, 3.63) is 81.0 Å². The maximum absolute atomic E-state index is 13.7. The van der Waals surface area contributed by atoms with E-state index in [4.69, 9.17) is 14.5 Å². The first-order valence-electron chi connectivity index (χ1n) is 9.91. The van der Waals surface area contributed by atoms with E-state index in [2.05, 4.69) is 0 Å². The molecule has 0 aliphatic rings. The molecule has 4 rings (SSSR count). The van der Waals surface area contributed by atoms with E-state index in [9.17, 15) is 9.18 Å². The summed E-state index contributed by atoms with van der Waals surface area (Å²) < 4.78 is 25.9. The summed E-state index contributed by atoms with van der Waals surface area (Å²) in [6.07, 6.45) is 0.492. The number of hydrogen-bond acceptors (Lipinski definition) is 5. The fourth-order valence-electron chi connectivity index (χ4n) is 3.69. The van der Waals surface area contributed by atoms with Crippen molar-refractivity contribution in [2.24, 2.45) is 0 Å². The van der Waals surface area contributed by atoms with E-state index in [0.717, 1.165) is 22.4 Å². The van der Waals surface area contributed by atoms with Gasteiger partial charge in [0.1, 0.15) is 22.2 Å². The smallest absolute Gasteiger partial charge is 0.263 e. The van der Waals surface area contributed by atoms with Crippen molar-refractivity contribution in [2.45, 2.75) is 19.9 Å². The molecule has 0 amide bonds. The Hall–Kier alpha value is -3.03. The molecule has 0 unspecified atom stereocenters. The van der Waals surface area contributed by atoms with Gasteiger partial charge in [0, 0.05) is 24.5 Å². The van der Waals surface area contributed by atoms with Crippen molar-refractivity contribution < 1.29 is 13.9 Å². The van der Waals surface area contributed by atoms with Crippen LogP contribution in [-0.4, -0.2) is 30.4 Å². The van der Waals surface area contributed by atoms with Crippen LogP contribution < -0.4 is 10.3 Å². The summed E-state index contributed by atoms with van der Waals surface area (Å²) in [4.78, 5) is 19.1. The average molecular weight is 439 g/mol. The van der Waals surface area contributed by atoms with Gasteiger partial charge in [-0.1, -0.05) is 18.2 Å². The van der Waals surface area contributed by atoms with Crippen molar-refractivity contribution in [1.82, 2.24) is 9.55 Å². The lowest BCUT2D eigenvalue weighted by molar-refractivity contribution is 0.199. The summed E-state index contributed by atoms with van der Waals surface area (Å²) in [7, 11) is 3.25. The molecule has 160 valence electrons. The third-order valence-electron chi connectivity index (χ3n) is 5.24. The van der Waals surface area contributed by atoms with Crippen LogP contribution in [0, 0.1) is 12.7 Å². The van der Waals surface area contributed by atoms with Crippen LogP contribution in [0.25, 0.3) is 21.3 Å². The van der Waals surface area contributed by atoms with Gasteiger partial charge in [-0.05, 0) is 47.9 Å². The number of aryl methyl sites for hydroxylation is 1. The standard InChI is InChI=1S/C24H23FN2O3S/c1-15-11-17(7-8-20(15)30-3)19-14-31-23-22(19)24(28)27(21(26-23)9-10-29-2)13-16-5-4-6-18(25)12-16/h4-8,11-12,14H,9-10,13H2,1-3H3. The number of hydrogen-bond donors (Lipinski definition) is 0. The van der Waals surface area contributed by atoms with E-state index in [1.807, 2.05) is 30.5 Å². The molecule has 31 heavy (non-hydrogen) atoms. The highest BCUT2D eigenvalue weighted by molar-refractivity contribution is 7.17. The van der Waals surface area contributed by atoms with Crippen LogP contribution in [0.3, 0.4) is 0 Å². The molecule has 4 aromatic rings. The van der Waals surface area contributed by atoms with E-state index in [-0.39, 0.29) is 17.9 Å². The highest BCUT2D eigenvalue weighted by atomic mass is 32.1. The molecule has 7 heteroatoms. The fourth-order valence-corrected chi connectivity index (χ4v) is 4.65. The van der Waals surface area contributed by atoms with Crippen molar-refractivity contribution in [3.63, 3.8) is 0 Å². The van der Waals surface area contributed by atoms with Gasteiger partial charge in [-0.15, -0.1) is 11.3 Å². The van der Waals surface area contributed by atoms with Gasteiger partial charge in [-0.3, -0.25) is 9.36 Å². The van der Waals surface area contributed by atoms with Crippen LogP contribution >= 0.6 is 11.3 Å². The van der Waals surface area contributed by atoms with Crippen LogP contribution in [0.4, 0.5) is 4.39 Å². The zero-order valence-electron chi connectivity index (χ0n) is 17.6. The minimum Gasteiger partial charge on any atom is -0.496 e. The monoisotopic (exact) mass is 438 g/mol. The topological polar surface area (TPSA) is 53.4 Å². The van der Waals surface area contributed by atoms with Crippen molar-refractivity contribution in [2.75, 3.05) is 20.8 Å². The predicted octanol–water partition coefficient (Wildman–Crippen LogP) is 4.82. The van der Waals surface area contributed by atoms with E-state index in [1.165, 1.54) is 23.5 Å². The second-order valence-electron chi connectivity index (χ2n) is 7.31. The third-order valence-corrected chi connectivity index (χ3v) is 6.11. The number of rotatable bonds is 7. The SMILES string of the molecule is COCCc1nc2scc(-c3ccc(OC)c(C)c3)c2c(=O)n1Cc1cccc(F)c1. The number of halogens is 1. The number of benzene rings is 2. The molecule has 5 nitrogen and oxygen atoms in total. The summed E-state index contributed by atoms with van der Waals surface area (Å²) in [6, 6.07) is 12.1. The Balaban J connectivity index is 1.88. The largest absolute Gasteiger partial charge is 0.496 e. The first kappa shape index (κ1) is 21.2. The van der Waals surface area contributed by atoms with E-state index in [1.54, 1.807) is 30.9 Å². The molecule has 0 fully saturated rings. The molecule has 2 heterocycles. The van der Waals surface area contributed by atoms with Gasteiger partial charge in [0.2, 0.25) is 0 Å². The second kappa shape index (κ2) is 8.99. The Morgan fingerprint density at radius 2 is 2.00 bits per heavy atom. The Bertz CT molecular complexity index is 1300. The molecule has 0 N–H and O–H groups in total. The fraction of sp³-hybridized carbons (Fsp3) is 0.250. The average Bonchev–Trinajstić information content (AvgIpc) is 3.18. The number of methoxy groups -OCH3 is 2. The lowest BCUT2D eigenvalue weighted by atomic mass is 10.0. The molecule has 2 aromatic carbocycles. The highest BCUT2D eigenvalue weighted by Crippen LogP contribution is 2.33. The van der Waals surface area contributed by atoms with Gasteiger partial charge in [0.15, 0.2) is 0 Å². The van der Waals surface area contributed by atoms with Gasteiger partial charge in [-0.2, -0.15) is 0 Å². The molecule has 0 saturated carbocycles. The molecule has 0 atom stereocenters. The molecule has 0 radical (unpaired) electrons. The van der Waals surface area contributed by atoms with Crippen molar-refractivity contribution in [1.29, 1.82) is 0 Å². The van der Waals surface area contributed by atoms with Crippen LogP contribution in [-0.2, 0) is 17.7 Å². The van der Waals surface area contributed by atoms with Gasteiger partial charge < -0.3 is 9.47 Å². The zero-order valence-corrected chi connectivity index (χ0v) is 18.5. The normalized spacial score (nSPS) is 11.2. The van der Waals surface area contributed by atoms with Crippen molar-refractivity contribution in [3.8, 4) is 16.9 Å². The lowest BCUT2D eigenvalue weighted by Gasteiger charge is -2.13. The number of thiophene rings is 1. The molecular weight excluding hydrogens is 415 g/mol. The molecule has 0 aliphatic heterocycles. The molecular formula is C24H23FN2O3S. The Morgan fingerprint density at radius 3 is 2.71 bits per heavy atom. The molecule has 0 saturated heterocycles. The summed E-state index contributed by atoms with van der Waals surface area (Å²) in [6.45, 7) is 2.66. The number of nitrogens with zero attached hydrogens (tertiary/aromatic N) is 2. The Labute approximate surface area is 183 Å². The quantitative estimate of drug-likeness (QED) is 0.415. The maximum atomic E-state index is 13.7. The van der Waals surface area contributed by atoms with Crippen LogP contribution in [0.15, 0.2) is 52.6 Å². The molecule has 0 spiro atoms. The number of aromatic nitrogens is 2.